The summed E-state index contributed by atoms with van der Waals surface area (Å²) in [6.07, 6.45) is 2.10. The standard InChI is InChI=1S/C22H19ClN2O.ClH/c1-14-10-18(6-8-20(14)23)22-15(2)25-12-19(7-9-21(25)24-22)17-5-3-4-16(11-17)13-26;/h3-12,26H,13H2,1-2H3;1H. The smallest absolute Gasteiger partial charge is 0.137 e. The van der Waals surface area contributed by atoms with Gasteiger partial charge in [0.1, 0.15) is 5.65 Å². The van der Waals surface area contributed by atoms with Crippen LogP contribution in [0.25, 0.3) is 28.0 Å². The Morgan fingerprint density at radius 1 is 0.963 bits per heavy atom. The molecule has 0 spiro atoms. The van der Waals surface area contributed by atoms with Gasteiger partial charge in [-0.05, 0) is 66.4 Å². The third kappa shape index (κ3) is 3.59. The Bertz CT molecular complexity index is 1120. The van der Waals surface area contributed by atoms with Crippen LogP contribution in [0.1, 0.15) is 16.8 Å². The van der Waals surface area contributed by atoms with Crippen molar-refractivity contribution in [3.05, 3.63) is 82.6 Å². The molecule has 0 saturated heterocycles. The molecular formula is C22H20Cl2N2O. The van der Waals surface area contributed by atoms with Crippen molar-refractivity contribution >= 4 is 29.7 Å². The SMILES string of the molecule is Cc1cc(-c2nc3ccc(-c4cccc(CO)c4)cn3c2C)ccc1Cl.Cl. The highest BCUT2D eigenvalue weighted by Crippen LogP contribution is 2.29. The third-order valence-electron chi connectivity index (χ3n) is 4.73. The molecule has 2 heterocycles. The molecule has 0 fully saturated rings. The van der Waals surface area contributed by atoms with Crippen molar-refractivity contribution in [1.29, 1.82) is 0 Å². The molecule has 27 heavy (non-hydrogen) atoms. The van der Waals surface area contributed by atoms with Gasteiger partial charge in [0, 0.05) is 22.5 Å². The van der Waals surface area contributed by atoms with Crippen LogP contribution in [0.5, 0.6) is 0 Å². The Morgan fingerprint density at radius 3 is 2.48 bits per heavy atom. The van der Waals surface area contributed by atoms with Gasteiger partial charge in [-0.3, -0.25) is 0 Å². The van der Waals surface area contributed by atoms with E-state index in [1.807, 2.05) is 43.3 Å². The zero-order valence-electron chi connectivity index (χ0n) is 15.1. The summed E-state index contributed by atoms with van der Waals surface area (Å²) in [5, 5.41) is 10.1. The molecule has 4 rings (SSSR count). The van der Waals surface area contributed by atoms with Crippen molar-refractivity contribution in [1.82, 2.24) is 9.38 Å². The molecule has 5 heteroatoms. The van der Waals surface area contributed by atoms with Crippen molar-refractivity contribution in [2.24, 2.45) is 0 Å². The number of hydrogen-bond donors (Lipinski definition) is 1. The number of hydrogen-bond acceptors (Lipinski definition) is 2. The molecular weight excluding hydrogens is 379 g/mol. The van der Waals surface area contributed by atoms with Crippen LogP contribution in [0.3, 0.4) is 0 Å². The number of aryl methyl sites for hydroxylation is 2. The van der Waals surface area contributed by atoms with E-state index < -0.39 is 0 Å². The van der Waals surface area contributed by atoms with Gasteiger partial charge in [0.25, 0.3) is 0 Å². The Labute approximate surface area is 169 Å². The summed E-state index contributed by atoms with van der Waals surface area (Å²) in [6, 6.07) is 18.0. The van der Waals surface area contributed by atoms with E-state index in [-0.39, 0.29) is 19.0 Å². The average molecular weight is 399 g/mol. The minimum absolute atomic E-state index is 0. The lowest BCUT2D eigenvalue weighted by molar-refractivity contribution is 0.282. The zero-order chi connectivity index (χ0) is 18.3. The van der Waals surface area contributed by atoms with Crippen LogP contribution in [0.4, 0.5) is 0 Å². The number of rotatable bonds is 3. The first-order valence-electron chi connectivity index (χ1n) is 8.52. The van der Waals surface area contributed by atoms with E-state index in [0.29, 0.717) is 0 Å². The van der Waals surface area contributed by atoms with Gasteiger partial charge in [0.05, 0.1) is 12.3 Å². The van der Waals surface area contributed by atoms with Gasteiger partial charge in [0.2, 0.25) is 0 Å². The first-order valence-corrected chi connectivity index (χ1v) is 8.90. The molecule has 2 aromatic carbocycles. The van der Waals surface area contributed by atoms with Crippen molar-refractivity contribution in [2.75, 3.05) is 0 Å². The molecule has 0 aliphatic heterocycles. The van der Waals surface area contributed by atoms with Gasteiger partial charge >= 0.3 is 0 Å². The second kappa shape index (κ2) is 7.73. The number of aliphatic hydroxyl groups excluding tert-OH is 1. The summed E-state index contributed by atoms with van der Waals surface area (Å²) in [4.78, 5) is 4.80. The van der Waals surface area contributed by atoms with Crippen LogP contribution >= 0.6 is 24.0 Å². The lowest BCUT2D eigenvalue weighted by Gasteiger charge is -2.06. The van der Waals surface area contributed by atoms with E-state index >= 15 is 0 Å². The molecule has 0 radical (unpaired) electrons. The molecule has 0 bridgehead atoms. The van der Waals surface area contributed by atoms with Crippen LogP contribution in [0.2, 0.25) is 5.02 Å². The van der Waals surface area contributed by atoms with E-state index in [2.05, 4.69) is 35.7 Å². The van der Waals surface area contributed by atoms with Crippen LogP contribution < -0.4 is 0 Å². The summed E-state index contributed by atoms with van der Waals surface area (Å²) < 4.78 is 2.11. The maximum absolute atomic E-state index is 9.37. The Kier molecular flexibility index (Phi) is 5.56. The van der Waals surface area contributed by atoms with E-state index in [1.54, 1.807) is 0 Å². The van der Waals surface area contributed by atoms with Gasteiger partial charge in [-0.2, -0.15) is 0 Å². The van der Waals surface area contributed by atoms with Crippen LogP contribution in [0, 0.1) is 13.8 Å². The fraction of sp³-hybridized carbons (Fsp3) is 0.136. The molecule has 4 aromatic rings. The number of aliphatic hydroxyl groups is 1. The topological polar surface area (TPSA) is 37.5 Å². The number of benzene rings is 2. The van der Waals surface area contributed by atoms with E-state index in [0.717, 1.165) is 49.9 Å². The van der Waals surface area contributed by atoms with Crippen molar-refractivity contribution in [3.8, 4) is 22.4 Å². The second-order valence-corrected chi connectivity index (χ2v) is 6.92. The predicted molar refractivity (Wildman–Crippen MR) is 114 cm³/mol. The fourth-order valence-corrected chi connectivity index (χ4v) is 3.37. The van der Waals surface area contributed by atoms with E-state index in [4.69, 9.17) is 16.6 Å². The summed E-state index contributed by atoms with van der Waals surface area (Å²) in [5.41, 5.74) is 8.14. The number of aromatic nitrogens is 2. The Balaban J connectivity index is 0.00000210. The zero-order valence-corrected chi connectivity index (χ0v) is 16.7. The molecule has 0 aliphatic carbocycles. The molecule has 0 aliphatic rings. The number of nitrogens with zero attached hydrogens (tertiary/aromatic N) is 2. The minimum atomic E-state index is 0. The first kappa shape index (κ1) is 19.4. The van der Waals surface area contributed by atoms with Crippen LogP contribution in [-0.4, -0.2) is 14.5 Å². The Morgan fingerprint density at radius 2 is 1.74 bits per heavy atom. The quantitative estimate of drug-likeness (QED) is 0.469. The van der Waals surface area contributed by atoms with Gasteiger partial charge in [-0.1, -0.05) is 35.9 Å². The normalized spacial score (nSPS) is 10.8. The molecule has 2 aromatic heterocycles. The monoisotopic (exact) mass is 398 g/mol. The summed E-state index contributed by atoms with van der Waals surface area (Å²) in [7, 11) is 0. The average Bonchev–Trinajstić information content (AvgIpc) is 3.00. The summed E-state index contributed by atoms with van der Waals surface area (Å²) >= 11 is 6.16. The minimum Gasteiger partial charge on any atom is -0.392 e. The molecule has 0 atom stereocenters. The molecule has 0 saturated carbocycles. The second-order valence-electron chi connectivity index (χ2n) is 6.51. The van der Waals surface area contributed by atoms with Gasteiger partial charge in [-0.25, -0.2) is 4.98 Å². The van der Waals surface area contributed by atoms with Crippen molar-refractivity contribution in [3.63, 3.8) is 0 Å². The van der Waals surface area contributed by atoms with Gasteiger partial charge in [-0.15, -0.1) is 12.4 Å². The van der Waals surface area contributed by atoms with E-state index in [9.17, 15) is 5.11 Å². The molecule has 138 valence electrons. The van der Waals surface area contributed by atoms with E-state index in [1.165, 1.54) is 0 Å². The molecule has 1 N–H and O–H groups in total. The Hall–Kier alpha value is -2.33. The molecule has 0 unspecified atom stereocenters. The highest BCUT2D eigenvalue weighted by molar-refractivity contribution is 6.31. The maximum atomic E-state index is 9.37. The largest absolute Gasteiger partial charge is 0.392 e. The number of imidazole rings is 1. The lowest BCUT2D eigenvalue weighted by atomic mass is 10.1. The molecule has 0 amide bonds. The van der Waals surface area contributed by atoms with Gasteiger partial charge in [0.15, 0.2) is 0 Å². The first-order chi connectivity index (χ1) is 12.6. The summed E-state index contributed by atoms with van der Waals surface area (Å²) in [6.45, 7) is 4.12. The van der Waals surface area contributed by atoms with Crippen molar-refractivity contribution in [2.45, 2.75) is 20.5 Å². The number of halogens is 2. The predicted octanol–water partition coefficient (Wildman–Crippen LogP) is 5.85. The van der Waals surface area contributed by atoms with Crippen LogP contribution in [0.15, 0.2) is 60.8 Å². The highest BCUT2D eigenvalue weighted by Gasteiger charge is 2.12. The number of fused-ring (bicyclic) bond motifs is 1. The summed E-state index contributed by atoms with van der Waals surface area (Å²) in [5.74, 6) is 0. The van der Waals surface area contributed by atoms with Gasteiger partial charge < -0.3 is 9.51 Å². The maximum Gasteiger partial charge on any atom is 0.137 e. The van der Waals surface area contributed by atoms with Crippen LogP contribution in [-0.2, 0) is 6.61 Å². The fourth-order valence-electron chi connectivity index (χ4n) is 3.25. The number of pyridine rings is 1. The lowest BCUT2D eigenvalue weighted by Crippen LogP contribution is -1.91. The highest BCUT2D eigenvalue weighted by atomic mass is 35.5. The third-order valence-corrected chi connectivity index (χ3v) is 5.16. The molecule has 3 nitrogen and oxygen atoms in total. The van der Waals surface area contributed by atoms with Crippen molar-refractivity contribution < 1.29 is 5.11 Å².